The number of anilines is 1. The molecule has 2 rings (SSSR count). The maximum Gasteiger partial charge on any atom is 0.126 e. The Morgan fingerprint density at radius 3 is 2.84 bits per heavy atom. The zero-order valence-electron chi connectivity index (χ0n) is 11.8. The van der Waals surface area contributed by atoms with Crippen molar-refractivity contribution in [1.82, 2.24) is 19.4 Å². The van der Waals surface area contributed by atoms with Gasteiger partial charge in [0, 0.05) is 32.5 Å². The molecule has 0 spiro atoms. The maximum absolute atomic E-state index is 4.57. The van der Waals surface area contributed by atoms with E-state index in [4.69, 9.17) is 0 Å². The fraction of sp³-hybridized carbons (Fsp3) is 0.429. The van der Waals surface area contributed by atoms with E-state index in [0.29, 0.717) is 0 Å². The molecule has 19 heavy (non-hydrogen) atoms. The summed E-state index contributed by atoms with van der Waals surface area (Å²) in [4.78, 5) is 11.1. The molecule has 0 atom stereocenters. The zero-order valence-corrected chi connectivity index (χ0v) is 11.8. The van der Waals surface area contributed by atoms with Gasteiger partial charge >= 0.3 is 0 Å². The van der Waals surface area contributed by atoms with Gasteiger partial charge in [0.25, 0.3) is 0 Å². The highest BCUT2D eigenvalue weighted by atomic mass is 15.2. The number of pyridine rings is 1. The lowest BCUT2D eigenvalue weighted by Crippen LogP contribution is -2.20. The Bertz CT molecular complexity index is 520. The van der Waals surface area contributed by atoms with Crippen molar-refractivity contribution in [2.24, 2.45) is 7.05 Å². The highest BCUT2D eigenvalue weighted by molar-refractivity contribution is 5.34. The summed E-state index contributed by atoms with van der Waals surface area (Å²) in [6.07, 6.45) is 3.79. The van der Waals surface area contributed by atoms with Crippen LogP contribution in [0, 0.1) is 0 Å². The van der Waals surface area contributed by atoms with Crippen LogP contribution in [0.4, 0.5) is 5.82 Å². The summed E-state index contributed by atoms with van der Waals surface area (Å²) in [5.41, 5.74) is 1.06. The second-order valence-corrected chi connectivity index (χ2v) is 4.67. The average molecular weight is 259 g/mol. The van der Waals surface area contributed by atoms with Crippen molar-refractivity contribution in [2.45, 2.75) is 20.0 Å². The monoisotopic (exact) mass is 259 g/mol. The number of aryl methyl sites for hydroxylation is 1. The van der Waals surface area contributed by atoms with Crippen LogP contribution < -0.4 is 5.32 Å². The standard InChI is InChI=1S/C14H21N5/c1-4-15-13-7-5-6-12(17-13)10-18(2)11-14-16-8-9-19(14)3/h5-9H,4,10-11H2,1-3H3,(H,15,17). The molecule has 0 saturated heterocycles. The molecule has 0 aliphatic rings. The van der Waals surface area contributed by atoms with Crippen molar-refractivity contribution in [2.75, 3.05) is 18.9 Å². The molecule has 0 aromatic carbocycles. The van der Waals surface area contributed by atoms with Gasteiger partial charge in [-0.2, -0.15) is 0 Å². The summed E-state index contributed by atoms with van der Waals surface area (Å²) < 4.78 is 2.04. The summed E-state index contributed by atoms with van der Waals surface area (Å²) in [6, 6.07) is 6.08. The topological polar surface area (TPSA) is 46.0 Å². The first kappa shape index (κ1) is 13.5. The highest BCUT2D eigenvalue weighted by Crippen LogP contribution is 2.08. The minimum absolute atomic E-state index is 0.812. The van der Waals surface area contributed by atoms with E-state index in [9.17, 15) is 0 Å². The number of hydrogen-bond donors (Lipinski definition) is 1. The fourth-order valence-electron chi connectivity index (χ4n) is 1.97. The van der Waals surface area contributed by atoms with Crippen LogP contribution in [0.25, 0.3) is 0 Å². The van der Waals surface area contributed by atoms with Gasteiger partial charge in [-0.15, -0.1) is 0 Å². The molecule has 0 amide bonds. The normalized spacial score (nSPS) is 10.9. The molecule has 0 saturated carbocycles. The highest BCUT2D eigenvalue weighted by Gasteiger charge is 2.06. The first-order chi connectivity index (χ1) is 9.19. The lowest BCUT2D eigenvalue weighted by atomic mass is 10.3. The predicted octanol–water partition coefficient (Wildman–Crippen LogP) is 1.88. The van der Waals surface area contributed by atoms with Gasteiger partial charge in [-0.25, -0.2) is 9.97 Å². The van der Waals surface area contributed by atoms with Crippen LogP contribution in [0.3, 0.4) is 0 Å². The number of nitrogens with one attached hydrogen (secondary N) is 1. The summed E-state index contributed by atoms with van der Waals surface area (Å²) in [7, 11) is 4.09. The third-order valence-corrected chi connectivity index (χ3v) is 2.93. The predicted molar refractivity (Wildman–Crippen MR) is 76.8 cm³/mol. The van der Waals surface area contributed by atoms with Crippen molar-refractivity contribution >= 4 is 5.82 Å². The van der Waals surface area contributed by atoms with Crippen molar-refractivity contribution in [3.05, 3.63) is 42.1 Å². The quantitative estimate of drug-likeness (QED) is 0.860. The molecule has 5 nitrogen and oxygen atoms in total. The number of hydrogen-bond acceptors (Lipinski definition) is 4. The van der Waals surface area contributed by atoms with Crippen LogP contribution in [0.2, 0.25) is 0 Å². The molecule has 0 aliphatic heterocycles. The third kappa shape index (κ3) is 3.79. The van der Waals surface area contributed by atoms with Gasteiger partial charge < -0.3 is 9.88 Å². The Balaban J connectivity index is 1.96. The molecular formula is C14H21N5. The number of rotatable bonds is 6. The molecule has 2 heterocycles. The van der Waals surface area contributed by atoms with E-state index in [1.54, 1.807) is 0 Å². The molecule has 102 valence electrons. The molecule has 0 radical (unpaired) electrons. The molecule has 0 aliphatic carbocycles. The largest absolute Gasteiger partial charge is 0.370 e. The van der Waals surface area contributed by atoms with Gasteiger partial charge in [0.2, 0.25) is 0 Å². The lowest BCUT2D eigenvalue weighted by molar-refractivity contribution is 0.303. The summed E-state index contributed by atoms with van der Waals surface area (Å²) in [5.74, 6) is 2.00. The van der Waals surface area contributed by atoms with E-state index >= 15 is 0 Å². The van der Waals surface area contributed by atoms with Crippen molar-refractivity contribution < 1.29 is 0 Å². The molecule has 2 aromatic heterocycles. The second kappa shape index (κ2) is 6.33. The Morgan fingerprint density at radius 2 is 2.16 bits per heavy atom. The van der Waals surface area contributed by atoms with E-state index in [2.05, 4.69) is 40.2 Å². The lowest BCUT2D eigenvalue weighted by Gasteiger charge is -2.16. The second-order valence-electron chi connectivity index (χ2n) is 4.67. The van der Waals surface area contributed by atoms with Crippen LogP contribution in [-0.2, 0) is 20.1 Å². The molecular weight excluding hydrogens is 238 g/mol. The van der Waals surface area contributed by atoms with E-state index in [-0.39, 0.29) is 0 Å². The number of aromatic nitrogens is 3. The molecule has 2 aromatic rings. The molecule has 0 fully saturated rings. The first-order valence-electron chi connectivity index (χ1n) is 6.53. The van der Waals surface area contributed by atoms with Crippen LogP contribution in [0.15, 0.2) is 30.6 Å². The van der Waals surface area contributed by atoms with Gasteiger partial charge in [-0.05, 0) is 26.1 Å². The van der Waals surface area contributed by atoms with Crippen molar-refractivity contribution in [3.8, 4) is 0 Å². The van der Waals surface area contributed by atoms with Gasteiger partial charge in [0.05, 0.1) is 12.2 Å². The molecule has 0 bridgehead atoms. The van der Waals surface area contributed by atoms with E-state index < -0.39 is 0 Å². The average Bonchev–Trinajstić information content (AvgIpc) is 2.76. The van der Waals surface area contributed by atoms with E-state index in [1.807, 2.05) is 36.1 Å². The van der Waals surface area contributed by atoms with Crippen LogP contribution in [0.1, 0.15) is 18.4 Å². The van der Waals surface area contributed by atoms with E-state index in [0.717, 1.165) is 37.0 Å². The Labute approximate surface area is 114 Å². The number of imidazole rings is 1. The Kier molecular flexibility index (Phi) is 4.52. The SMILES string of the molecule is CCNc1cccc(CN(C)Cc2nccn2C)n1. The maximum atomic E-state index is 4.57. The van der Waals surface area contributed by atoms with Crippen LogP contribution in [0.5, 0.6) is 0 Å². The van der Waals surface area contributed by atoms with Crippen molar-refractivity contribution in [1.29, 1.82) is 0 Å². The minimum atomic E-state index is 0.812. The van der Waals surface area contributed by atoms with Gasteiger partial charge in [-0.3, -0.25) is 4.90 Å². The van der Waals surface area contributed by atoms with Crippen LogP contribution >= 0.6 is 0 Å². The van der Waals surface area contributed by atoms with Gasteiger partial charge in [0.1, 0.15) is 11.6 Å². The Morgan fingerprint density at radius 1 is 1.32 bits per heavy atom. The third-order valence-electron chi connectivity index (χ3n) is 2.93. The van der Waals surface area contributed by atoms with Crippen molar-refractivity contribution in [3.63, 3.8) is 0 Å². The molecule has 0 unspecified atom stereocenters. The summed E-state index contributed by atoms with van der Waals surface area (Å²) in [5, 5.41) is 3.23. The molecule has 1 N–H and O–H groups in total. The summed E-state index contributed by atoms with van der Waals surface area (Å²) >= 11 is 0. The number of nitrogens with zero attached hydrogens (tertiary/aromatic N) is 4. The Hall–Kier alpha value is -1.88. The first-order valence-corrected chi connectivity index (χ1v) is 6.53. The molecule has 5 heteroatoms. The minimum Gasteiger partial charge on any atom is -0.370 e. The summed E-state index contributed by atoms with van der Waals surface area (Å²) in [6.45, 7) is 4.59. The van der Waals surface area contributed by atoms with E-state index in [1.165, 1.54) is 0 Å². The van der Waals surface area contributed by atoms with Gasteiger partial charge in [-0.1, -0.05) is 6.07 Å². The smallest absolute Gasteiger partial charge is 0.126 e. The van der Waals surface area contributed by atoms with Crippen LogP contribution in [-0.4, -0.2) is 33.0 Å². The fourth-order valence-corrected chi connectivity index (χ4v) is 1.97. The zero-order chi connectivity index (χ0) is 13.7. The van der Waals surface area contributed by atoms with Gasteiger partial charge in [0.15, 0.2) is 0 Å².